The second kappa shape index (κ2) is 2.32. The lowest BCUT2D eigenvalue weighted by Crippen LogP contribution is -2.26. The number of carboxylic acids is 1. The van der Waals surface area contributed by atoms with E-state index in [0.717, 1.165) is 6.29 Å². The van der Waals surface area contributed by atoms with E-state index < -0.39 is 11.9 Å². The van der Waals surface area contributed by atoms with E-state index in [1.807, 2.05) is 13.8 Å². The molecular formula is C8H11O3-. The van der Waals surface area contributed by atoms with Gasteiger partial charge in [0, 0.05) is 18.3 Å². The Labute approximate surface area is 65.4 Å². The van der Waals surface area contributed by atoms with Crippen LogP contribution in [0.3, 0.4) is 0 Å². The van der Waals surface area contributed by atoms with Crippen LogP contribution in [0.2, 0.25) is 0 Å². The van der Waals surface area contributed by atoms with Gasteiger partial charge in [-0.1, -0.05) is 13.8 Å². The van der Waals surface area contributed by atoms with Crippen LogP contribution in [0.5, 0.6) is 0 Å². The van der Waals surface area contributed by atoms with E-state index in [9.17, 15) is 14.7 Å². The topological polar surface area (TPSA) is 57.2 Å². The van der Waals surface area contributed by atoms with Gasteiger partial charge in [-0.05, 0) is 11.3 Å². The van der Waals surface area contributed by atoms with E-state index in [1.54, 1.807) is 0 Å². The molecule has 1 fully saturated rings. The molecule has 1 saturated carbocycles. The average molecular weight is 155 g/mol. The lowest BCUT2D eigenvalue weighted by atomic mass is 10.1. The summed E-state index contributed by atoms with van der Waals surface area (Å²) < 4.78 is 0. The number of rotatable bonds is 3. The van der Waals surface area contributed by atoms with Crippen molar-refractivity contribution in [2.45, 2.75) is 20.3 Å². The Morgan fingerprint density at radius 1 is 1.64 bits per heavy atom. The summed E-state index contributed by atoms with van der Waals surface area (Å²) in [6.07, 6.45) is 1.11. The standard InChI is InChI=1S/C8H12O3/c1-8(2)5(3-4-9)6(8)7(10)11/h4-6H,3H2,1-2H3,(H,10,11)/p-1. The fraction of sp³-hybridized carbons (Fsp3) is 0.750. The molecule has 62 valence electrons. The zero-order valence-electron chi connectivity index (χ0n) is 6.66. The predicted octanol–water partition coefficient (Wildman–Crippen LogP) is -0.403. The molecule has 1 aliphatic carbocycles. The number of carbonyl (C=O) groups is 2. The minimum Gasteiger partial charge on any atom is -0.550 e. The van der Waals surface area contributed by atoms with Crippen LogP contribution in [-0.4, -0.2) is 12.3 Å². The highest BCUT2D eigenvalue weighted by Crippen LogP contribution is 2.59. The van der Waals surface area contributed by atoms with Crippen molar-refractivity contribution in [2.75, 3.05) is 0 Å². The minimum atomic E-state index is -1.03. The van der Waals surface area contributed by atoms with Gasteiger partial charge >= 0.3 is 0 Å². The molecule has 0 amide bonds. The Kier molecular flexibility index (Phi) is 1.74. The lowest BCUT2D eigenvalue weighted by Gasteiger charge is -2.01. The summed E-state index contributed by atoms with van der Waals surface area (Å²) in [7, 11) is 0. The lowest BCUT2D eigenvalue weighted by molar-refractivity contribution is -0.309. The molecule has 0 aromatic carbocycles. The van der Waals surface area contributed by atoms with Gasteiger partial charge < -0.3 is 14.7 Å². The van der Waals surface area contributed by atoms with Gasteiger partial charge in [-0.15, -0.1) is 0 Å². The van der Waals surface area contributed by atoms with E-state index in [0.29, 0.717) is 6.42 Å². The molecule has 3 nitrogen and oxygen atoms in total. The van der Waals surface area contributed by atoms with Crippen LogP contribution in [0.1, 0.15) is 20.3 Å². The highest BCUT2D eigenvalue weighted by atomic mass is 16.4. The summed E-state index contributed by atoms with van der Waals surface area (Å²) in [4.78, 5) is 20.5. The van der Waals surface area contributed by atoms with Gasteiger partial charge in [-0.25, -0.2) is 0 Å². The number of hydrogen-bond donors (Lipinski definition) is 0. The van der Waals surface area contributed by atoms with Gasteiger partial charge in [-0.2, -0.15) is 0 Å². The number of carboxylic acid groups (broad SMARTS) is 1. The molecule has 2 unspecified atom stereocenters. The quantitative estimate of drug-likeness (QED) is 0.521. The van der Waals surface area contributed by atoms with Gasteiger partial charge in [0.2, 0.25) is 0 Å². The van der Waals surface area contributed by atoms with E-state index in [4.69, 9.17) is 0 Å². The van der Waals surface area contributed by atoms with Crippen molar-refractivity contribution >= 4 is 12.3 Å². The smallest absolute Gasteiger partial charge is 0.120 e. The third-order valence-electron chi connectivity index (χ3n) is 2.65. The van der Waals surface area contributed by atoms with Crippen molar-refractivity contribution < 1.29 is 14.7 Å². The van der Waals surface area contributed by atoms with Crippen molar-refractivity contribution in [1.29, 1.82) is 0 Å². The molecule has 1 aliphatic rings. The highest BCUT2D eigenvalue weighted by Gasteiger charge is 2.57. The first-order valence-corrected chi connectivity index (χ1v) is 3.66. The van der Waals surface area contributed by atoms with Crippen LogP contribution in [0.25, 0.3) is 0 Å². The van der Waals surface area contributed by atoms with Gasteiger partial charge in [0.05, 0.1) is 0 Å². The number of aldehydes is 1. The Balaban J connectivity index is 2.60. The molecule has 0 aromatic rings. The molecule has 0 radical (unpaired) electrons. The van der Waals surface area contributed by atoms with E-state index in [1.165, 1.54) is 0 Å². The first-order chi connectivity index (χ1) is 5.01. The van der Waals surface area contributed by atoms with Gasteiger partial charge in [0.1, 0.15) is 6.29 Å². The highest BCUT2D eigenvalue weighted by molar-refractivity contribution is 5.74. The summed E-state index contributed by atoms with van der Waals surface area (Å²) in [5, 5.41) is 10.4. The molecule has 0 spiro atoms. The summed E-state index contributed by atoms with van der Waals surface area (Å²) in [6, 6.07) is 0. The molecule has 11 heavy (non-hydrogen) atoms. The Hall–Kier alpha value is -0.860. The molecular weight excluding hydrogens is 144 g/mol. The molecule has 0 aliphatic heterocycles. The van der Waals surface area contributed by atoms with Crippen LogP contribution in [-0.2, 0) is 9.59 Å². The summed E-state index contributed by atoms with van der Waals surface area (Å²) >= 11 is 0. The van der Waals surface area contributed by atoms with Crippen LogP contribution in [0.4, 0.5) is 0 Å². The Morgan fingerprint density at radius 2 is 2.18 bits per heavy atom. The van der Waals surface area contributed by atoms with Crippen molar-refractivity contribution in [3.05, 3.63) is 0 Å². The number of hydrogen-bond acceptors (Lipinski definition) is 3. The predicted molar refractivity (Wildman–Crippen MR) is 36.4 cm³/mol. The second-order valence-electron chi connectivity index (χ2n) is 3.63. The summed E-state index contributed by atoms with van der Waals surface area (Å²) in [5.74, 6) is -1.46. The summed E-state index contributed by atoms with van der Waals surface area (Å²) in [5.41, 5.74) is -0.236. The van der Waals surface area contributed by atoms with Crippen molar-refractivity contribution in [3.8, 4) is 0 Å². The van der Waals surface area contributed by atoms with Gasteiger partial charge in [0.25, 0.3) is 0 Å². The van der Waals surface area contributed by atoms with Crippen molar-refractivity contribution in [1.82, 2.24) is 0 Å². The zero-order valence-corrected chi connectivity index (χ0v) is 6.66. The molecule has 2 atom stereocenters. The minimum absolute atomic E-state index is 0.00926. The van der Waals surface area contributed by atoms with Crippen LogP contribution >= 0.6 is 0 Å². The maximum absolute atomic E-state index is 10.4. The van der Waals surface area contributed by atoms with Crippen molar-refractivity contribution in [3.63, 3.8) is 0 Å². The van der Waals surface area contributed by atoms with Crippen LogP contribution in [0, 0.1) is 17.3 Å². The maximum Gasteiger partial charge on any atom is 0.120 e. The van der Waals surface area contributed by atoms with Crippen LogP contribution < -0.4 is 5.11 Å². The third-order valence-corrected chi connectivity index (χ3v) is 2.65. The Bertz CT molecular complexity index is 196. The SMILES string of the molecule is CC1(C)C(CC=O)C1C(=O)[O-]. The average Bonchev–Trinajstić information content (AvgIpc) is 2.35. The first kappa shape index (κ1) is 8.24. The zero-order chi connectivity index (χ0) is 8.65. The van der Waals surface area contributed by atoms with E-state index in [-0.39, 0.29) is 11.3 Å². The molecule has 1 rings (SSSR count). The molecule has 0 bridgehead atoms. The first-order valence-electron chi connectivity index (χ1n) is 3.66. The Morgan fingerprint density at radius 3 is 2.45 bits per heavy atom. The van der Waals surface area contributed by atoms with E-state index in [2.05, 4.69) is 0 Å². The molecule has 3 heteroatoms. The molecule has 0 saturated heterocycles. The fourth-order valence-electron chi connectivity index (χ4n) is 1.76. The monoisotopic (exact) mass is 155 g/mol. The number of carbonyl (C=O) groups excluding carboxylic acids is 2. The maximum atomic E-state index is 10.4. The molecule has 0 N–H and O–H groups in total. The normalized spacial score (nSPS) is 32.9. The molecule has 0 heterocycles. The summed E-state index contributed by atoms with van der Waals surface area (Å²) in [6.45, 7) is 3.70. The third kappa shape index (κ3) is 1.15. The van der Waals surface area contributed by atoms with Crippen molar-refractivity contribution in [2.24, 2.45) is 17.3 Å². The largest absolute Gasteiger partial charge is 0.550 e. The van der Waals surface area contributed by atoms with Gasteiger partial charge in [-0.3, -0.25) is 0 Å². The second-order valence-corrected chi connectivity index (χ2v) is 3.63. The fourth-order valence-corrected chi connectivity index (χ4v) is 1.76. The van der Waals surface area contributed by atoms with Crippen LogP contribution in [0.15, 0.2) is 0 Å². The van der Waals surface area contributed by atoms with E-state index >= 15 is 0 Å². The molecule has 0 aromatic heterocycles. The number of aliphatic carboxylic acids is 1. The van der Waals surface area contributed by atoms with Gasteiger partial charge in [0.15, 0.2) is 0 Å².